The normalized spacial score (nSPS) is 20.5. The van der Waals surface area contributed by atoms with Crippen molar-refractivity contribution in [3.63, 3.8) is 0 Å². The number of carboxylic acids is 1. The molecular formula is C23H26N2O5. The summed E-state index contributed by atoms with van der Waals surface area (Å²) in [6, 6.07) is 13.4. The third kappa shape index (κ3) is 4.41. The van der Waals surface area contributed by atoms with Crippen molar-refractivity contribution >= 4 is 17.4 Å². The zero-order chi connectivity index (χ0) is 21.1. The van der Waals surface area contributed by atoms with Gasteiger partial charge in [0.05, 0.1) is 7.11 Å². The van der Waals surface area contributed by atoms with Gasteiger partial charge in [0.25, 0.3) is 0 Å². The van der Waals surface area contributed by atoms with Crippen LogP contribution in [-0.2, 0) is 4.79 Å². The number of carbonyl (C=O) groups excluding carboxylic acids is 1. The maximum absolute atomic E-state index is 13.1. The summed E-state index contributed by atoms with van der Waals surface area (Å²) in [4.78, 5) is 26.1. The van der Waals surface area contributed by atoms with Gasteiger partial charge in [0, 0.05) is 43.3 Å². The summed E-state index contributed by atoms with van der Waals surface area (Å²) in [5, 5.41) is 12.1. The first-order valence-corrected chi connectivity index (χ1v) is 10.2. The summed E-state index contributed by atoms with van der Waals surface area (Å²) < 4.78 is 10.6. The Morgan fingerprint density at radius 3 is 2.67 bits per heavy atom. The lowest BCUT2D eigenvalue weighted by atomic mass is 10.0. The number of carbonyl (C=O) groups is 2. The molecule has 1 aliphatic carbocycles. The lowest BCUT2D eigenvalue weighted by molar-refractivity contribution is -0.139. The van der Waals surface area contributed by atoms with Crippen LogP contribution in [0, 0.1) is 5.92 Å². The van der Waals surface area contributed by atoms with Gasteiger partial charge in [0.15, 0.2) is 23.9 Å². The third-order valence-electron chi connectivity index (χ3n) is 5.71. The molecule has 158 valence electrons. The second kappa shape index (κ2) is 8.75. The van der Waals surface area contributed by atoms with E-state index in [0.717, 1.165) is 49.4 Å². The molecule has 0 bridgehead atoms. The molecule has 0 spiro atoms. The van der Waals surface area contributed by atoms with Gasteiger partial charge in [-0.15, -0.1) is 0 Å². The van der Waals surface area contributed by atoms with E-state index in [1.54, 1.807) is 6.07 Å². The number of Topliss-reactive ketones (excluding diaryl/α,β-unsaturated/α-hetero) is 1. The number of aliphatic carboxylic acids is 1. The maximum atomic E-state index is 13.1. The van der Waals surface area contributed by atoms with Crippen LogP contribution < -0.4 is 19.7 Å². The molecule has 4 rings (SSSR count). The molecule has 2 N–H and O–H groups in total. The Labute approximate surface area is 175 Å². The predicted octanol–water partition coefficient (Wildman–Crippen LogP) is 2.55. The van der Waals surface area contributed by atoms with Crippen molar-refractivity contribution in [3.05, 3.63) is 53.6 Å². The number of hydrogen-bond acceptors (Lipinski definition) is 6. The molecular weight excluding hydrogens is 384 g/mol. The highest BCUT2D eigenvalue weighted by Gasteiger charge is 2.44. The van der Waals surface area contributed by atoms with Gasteiger partial charge in [-0.1, -0.05) is 18.2 Å². The number of benzene rings is 2. The Hall–Kier alpha value is -3.06. The SMILES string of the molecule is COc1cc([C@@H]2C[C@H]2C(=O)c2cccc(N3CCNCC3)c2)ccc1OCC(=O)O. The highest BCUT2D eigenvalue weighted by molar-refractivity contribution is 6.01. The molecule has 30 heavy (non-hydrogen) atoms. The first-order chi connectivity index (χ1) is 14.6. The number of ketones is 1. The molecule has 1 aliphatic heterocycles. The zero-order valence-electron chi connectivity index (χ0n) is 17.0. The maximum Gasteiger partial charge on any atom is 0.341 e. The molecule has 2 aliphatic rings. The van der Waals surface area contributed by atoms with E-state index >= 15 is 0 Å². The molecule has 1 heterocycles. The van der Waals surface area contributed by atoms with E-state index in [9.17, 15) is 9.59 Å². The van der Waals surface area contributed by atoms with Crippen molar-refractivity contribution in [2.24, 2.45) is 5.92 Å². The van der Waals surface area contributed by atoms with Crippen LogP contribution >= 0.6 is 0 Å². The van der Waals surface area contributed by atoms with Gasteiger partial charge in [-0.2, -0.15) is 0 Å². The second-order valence-corrected chi connectivity index (χ2v) is 7.69. The van der Waals surface area contributed by atoms with Crippen LogP contribution in [0.1, 0.15) is 28.3 Å². The minimum Gasteiger partial charge on any atom is -0.493 e. The Bertz CT molecular complexity index is 939. The van der Waals surface area contributed by atoms with Crippen LogP contribution in [0.3, 0.4) is 0 Å². The van der Waals surface area contributed by atoms with E-state index in [1.165, 1.54) is 7.11 Å². The summed E-state index contributed by atoms with van der Waals surface area (Å²) in [5.41, 5.74) is 2.86. The number of carboxylic acid groups (broad SMARTS) is 1. The molecule has 2 aromatic rings. The Kier molecular flexibility index (Phi) is 5.90. The number of methoxy groups -OCH3 is 1. The molecule has 0 aromatic heterocycles. The molecule has 0 amide bonds. The predicted molar refractivity (Wildman–Crippen MR) is 113 cm³/mol. The smallest absolute Gasteiger partial charge is 0.341 e. The minimum atomic E-state index is -1.04. The van der Waals surface area contributed by atoms with E-state index in [-0.39, 0.29) is 17.6 Å². The first kappa shape index (κ1) is 20.2. The average Bonchev–Trinajstić information content (AvgIpc) is 3.58. The lowest BCUT2D eigenvalue weighted by Gasteiger charge is -2.29. The van der Waals surface area contributed by atoms with Gasteiger partial charge in [0.2, 0.25) is 0 Å². The molecule has 2 fully saturated rings. The number of piperazine rings is 1. The molecule has 7 heteroatoms. The standard InChI is InChI=1S/C23H26N2O5/c1-29-21-12-15(5-6-20(21)30-14-22(26)27)18-13-19(18)23(28)16-3-2-4-17(11-16)25-9-7-24-8-10-25/h2-6,11-12,18-19,24H,7-10,13-14H2,1H3,(H,26,27)/t18-,19+/m0/s1. The van der Waals surface area contributed by atoms with Crippen LogP contribution in [0.4, 0.5) is 5.69 Å². The largest absolute Gasteiger partial charge is 0.493 e. The highest BCUT2D eigenvalue weighted by Crippen LogP contribution is 2.50. The fourth-order valence-corrected chi connectivity index (χ4v) is 4.02. The average molecular weight is 410 g/mol. The van der Waals surface area contributed by atoms with Gasteiger partial charge in [-0.3, -0.25) is 4.79 Å². The van der Waals surface area contributed by atoms with E-state index in [1.807, 2.05) is 30.3 Å². The lowest BCUT2D eigenvalue weighted by Crippen LogP contribution is -2.43. The van der Waals surface area contributed by atoms with Crippen LogP contribution in [0.25, 0.3) is 0 Å². The number of anilines is 1. The Morgan fingerprint density at radius 1 is 1.13 bits per heavy atom. The monoisotopic (exact) mass is 410 g/mol. The number of ether oxygens (including phenoxy) is 2. The molecule has 1 saturated carbocycles. The quantitative estimate of drug-likeness (QED) is 0.647. The number of hydrogen-bond donors (Lipinski definition) is 2. The van der Waals surface area contributed by atoms with E-state index < -0.39 is 12.6 Å². The van der Waals surface area contributed by atoms with Crippen LogP contribution in [0.15, 0.2) is 42.5 Å². The Morgan fingerprint density at radius 2 is 1.93 bits per heavy atom. The van der Waals surface area contributed by atoms with Crippen LogP contribution in [0.5, 0.6) is 11.5 Å². The highest BCUT2D eigenvalue weighted by atomic mass is 16.5. The zero-order valence-corrected chi connectivity index (χ0v) is 17.0. The molecule has 7 nitrogen and oxygen atoms in total. The van der Waals surface area contributed by atoms with Crippen LogP contribution in [0.2, 0.25) is 0 Å². The topological polar surface area (TPSA) is 88.1 Å². The van der Waals surface area contributed by atoms with Crippen molar-refractivity contribution < 1.29 is 24.2 Å². The van der Waals surface area contributed by atoms with Crippen LogP contribution in [-0.4, -0.2) is 56.8 Å². The summed E-state index contributed by atoms with van der Waals surface area (Å²) in [6.45, 7) is 3.37. The van der Waals surface area contributed by atoms with Crippen molar-refractivity contribution in [3.8, 4) is 11.5 Å². The Balaban J connectivity index is 1.45. The molecule has 1 saturated heterocycles. The van der Waals surface area contributed by atoms with Gasteiger partial charge in [-0.25, -0.2) is 4.79 Å². The summed E-state index contributed by atoms with van der Waals surface area (Å²) in [6.07, 6.45) is 0.801. The van der Waals surface area contributed by atoms with Crippen molar-refractivity contribution in [1.29, 1.82) is 0 Å². The summed E-state index contributed by atoms with van der Waals surface area (Å²) in [7, 11) is 1.52. The molecule has 2 atom stereocenters. The van der Waals surface area contributed by atoms with E-state index in [4.69, 9.17) is 14.6 Å². The molecule has 2 aromatic carbocycles. The fraction of sp³-hybridized carbons (Fsp3) is 0.391. The first-order valence-electron chi connectivity index (χ1n) is 10.2. The van der Waals surface area contributed by atoms with Gasteiger partial charge < -0.3 is 24.8 Å². The fourth-order valence-electron chi connectivity index (χ4n) is 4.02. The van der Waals surface area contributed by atoms with Crippen molar-refractivity contribution in [1.82, 2.24) is 5.32 Å². The van der Waals surface area contributed by atoms with Crippen molar-refractivity contribution in [2.75, 3.05) is 44.8 Å². The number of nitrogens with zero attached hydrogens (tertiary/aromatic N) is 1. The van der Waals surface area contributed by atoms with Gasteiger partial charge in [0.1, 0.15) is 0 Å². The third-order valence-corrected chi connectivity index (χ3v) is 5.71. The summed E-state index contributed by atoms with van der Waals surface area (Å²) in [5.74, 6) is 0.0872. The molecule has 0 unspecified atom stereocenters. The molecule has 0 radical (unpaired) electrons. The van der Waals surface area contributed by atoms with Crippen molar-refractivity contribution in [2.45, 2.75) is 12.3 Å². The van der Waals surface area contributed by atoms with Gasteiger partial charge >= 0.3 is 5.97 Å². The number of nitrogens with one attached hydrogen (secondary N) is 1. The van der Waals surface area contributed by atoms with E-state index in [0.29, 0.717) is 11.5 Å². The van der Waals surface area contributed by atoms with E-state index in [2.05, 4.69) is 16.3 Å². The number of rotatable bonds is 8. The second-order valence-electron chi connectivity index (χ2n) is 7.69. The van der Waals surface area contributed by atoms with Gasteiger partial charge in [-0.05, 0) is 42.2 Å². The summed E-state index contributed by atoms with van der Waals surface area (Å²) >= 11 is 0. The minimum absolute atomic E-state index is 0.0428.